The quantitative estimate of drug-likeness (QED) is 0.490. The average molecular weight is 501 g/mol. The Morgan fingerprint density at radius 3 is 2.31 bits per heavy atom. The minimum Gasteiger partial charge on any atom is -0.447 e. The Kier molecular flexibility index (Phi) is 8.43. The molecule has 2 aromatic carbocycles. The third-order valence-electron chi connectivity index (χ3n) is 5.71. The molecule has 2 aromatic rings. The Morgan fingerprint density at radius 1 is 1.11 bits per heavy atom. The van der Waals surface area contributed by atoms with Gasteiger partial charge in [-0.2, -0.15) is 0 Å². The number of hydrogen-bond donors (Lipinski definition) is 0. The van der Waals surface area contributed by atoms with E-state index in [4.69, 9.17) is 21.1 Å². The predicted octanol–water partition coefficient (Wildman–Crippen LogP) is 5.66. The van der Waals surface area contributed by atoms with Crippen molar-refractivity contribution in [1.29, 1.82) is 0 Å². The largest absolute Gasteiger partial charge is 0.447 e. The first kappa shape index (κ1) is 26.5. The Bertz CT molecular complexity index is 1030. The van der Waals surface area contributed by atoms with Crippen LogP contribution in [0.4, 0.5) is 9.59 Å². The minimum absolute atomic E-state index is 0.0366. The molecule has 188 valence electrons. The van der Waals surface area contributed by atoms with Crippen molar-refractivity contribution in [2.24, 2.45) is 0 Å². The molecule has 1 fully saturated rings. The van der Waals surface area contributed by atoms with E-state index in [2.05, 4.69) is 0 Å². The van der Waals surface area contributed by atoms with Gasteiger partial charge in [0.1, 0.15) is 12.2 Å². The fourth-order valence-electron chi connectivity index (χ4n) is 3.97. The van der Waals surface area contributed by atoms with Crippen LogP contribution in [0.3, 0.4) is 0 Å². The van der Waals surface area contributed by atoms with Gasteiger partial charge in [0.05, 0.1) is 12.0 Å². The summed E-state index contributed by atoms with van der Waals surface area (Å²) in [6.07, 6.45) is -0.724. The van der Waals surface area contributed by atoms with E-state index in [0.29, 0.717) is 17.0 Å². The molecule has 0 saturated carbocycles. The lowest BCUT2D eigenvalue weighted by Crippen LogP contribution is -2.48. The summed E-state index contributed by atoms with van der Waals surface area (Å²) >= 11 is 6.08. The molecule has 8 heteroatoms. The Morgan fingerprint density at radius 2 is 1.74 bits per heavy atom. The first-order valence-corrected chi connectivity index (χ1v) is 12.1. The maximum Gasteiger partial charge on any atom is 0.417 e. The highest BCUT2D eigenvalue weighted by molar-refractivity contribution is 6.30. The highest BCUT2D eigenvalue weighted by Gasteiger charge is 2.42. The summed E-state index contributed by atoms with van der Waals surface area (Å²) in [5.41, 5.74) is 0.949. The highest BCUT2D eigenvalue weighted by Crippen LogP contribution is 2.28. The number of carbonyl (C=O) groups excluding carboxylic acids is 3. The molecule has 2 atom stereocenters. The number of imide groups is 1. The molecule has 0 spiro atoms. The number of hydrogen-bond acceptors (Lipinski definition) is 5. The molecule has 3 amide bonds. The second-order valence-corrected chi connectivity index (χ2v) is 10.4. The summed E-state index contributed by atoms with van der Waals surface area (Å²) in [5.74, 6) is -1.24. The van der Waals surface area contributed by atoms with Gasteiger partial charge in [0.15, 0.2) is 0 Å². The molecule has 3 rings (SSSR count). The zero-order valence-corrected chi connectivity index (χ0v) is 21.6. The van der Waals surface area contributed by atoms with Crippen LogP contribution in [0.1, 0.15) is 51.7 Å². The minimum atomic E-state index is -0.814. The van der Waals surface area contributed by atoms with E-state index in [1.165, 1.54) is 9.80 Å². The van der Waals surface area contributed by atoms with Gasteiger partial charge in [-0.3, -0.25) is 4.79 Å². The normalized spacial score (nSPS) is 16.7. The van der Waals surface area contributed by atoms with E-state index >= 15 is 0 Å². The fourth-order valence-corrected chi connectivity index (χ4v) is 4.10. The van der Waals surface area contributed by atoms with Crippen molar-refractivity contribution < 1.29 is 23.9 Å². The Hall–Kier alpha value is -3.06. The van der Waals surface area contributed by atoms with Crippen LogP contribution >= 0.6 is 11.6 Å². The molecule has 0 bridgehead atoms. The second kappa shape index (κ2) is 11.1. The standard InChI is InChI=1S/C27H33ClN2O5/c1-18(2)29(25(32)35-27(3,4)5)16-23(20-11-13-21(28)14-12-20)24(31)30-22(17-34-26(30)33)15-19-9-7-6-8-10-19/h6-14,18,22-23H,15-17H2,1-5H3/t22-,23-/m1/s1. The van der Waals surface area contributed by atoms with Gasteiger partial charge in [-0.15, -0.1) is 0 Å². The van der Waals surface area contributed by atoms with E-state index in [1.54, 1.807) is 45.0 Å². The van der Waals surface area contributed by atoms with Crippen LogP contribution in [0.25, 0.3) is 0 Å². The molecule has 1 aliphatic heterocycles. The maximum absolute atomic E-state index is 13.9. The molecule has 1 heterocycles. The smallest absolute Gasteiger partial charge is 0.417 e. The molecule has 1 saturated heterocycles. The van der Waals surface area contributed by atoms with Crippen LogP contribution in [0.15, 0.2) is 54.6 Å². The van der Waals surface area contributed by atoms with Crippen LogP contribution in [0, 0.1) is 0 Å². The topological polar surface area (TPSA) is 76.2 Å². The monoisotopic (exact) mass is 500 g/mol. The van der Waals surface area contributed by atoms with Crippen molar-refractivity contribution in [3.8, 4) is 0 Å². The SMILES string of the molecule is CC(C)N(C[C@@H](C(=O)N1C(=O)OC[C@H]1Cc1ccccc1)c1ccc(Cl)cc1)C(=O)OC(C)(C)C. The van der Waals surface area contributed by atoms with E-state index < -0.39 is 35.7 Å². The average Bonchev–Trinajstić information content (AvgIpc) is 3.14. The molecule has 0 aromatic heterocycles. The summed E-state index contributed by atoms with van der Waals surface area (Å²) in [5, 5.41) is 0.523. The Balaban J connectivity index is 1.93. The van der Waals surface area contributed by atoms with Crippen molar-refractivity contribution in [3.63, 3.8) is 0 Å². The van der Waals surface area contributed by atoms with Gasteiger partial charge < -0.3 is 14.4 Å². The van der Waals surface area contributed by atoms with Crippen LogP contribution in [0.2, 0.25) is 5.02 Å². The molecular formula is C27H33ClN2O5. The maximum atomic E-state index is 13.9. The van der Waals surface area contributed by atoms with Crippen LogP contribution < -0.4 is 0 Å². The van der Waals surface area contributed by atoms with Gasteiger partial charge in [-0.1, -0.05) is 54.1 Å². The van der Waals surface area contributed by atoms with Crippen molar-refractivity contribution in [2.75, 3.05) is 13.2 Å². The van der Waals surface area contributed by atoms with Gasteiger partial charge in [0.25, 0.3) is 0 Å². The number of rotatable bonds is 7. The van der Waals surface area contributed by atoms with E-state index in [9.17, 15) is 14.4 Å². The van der Waals surface area contributed by atoms with Crippen LogP contribution in [0.5, 0.6) is 0 Å². The van der Waals surface area contributed by atoms with Crippen LogP contribution in [-0.2, 0) is 20.7 Å². The van der Waals surface area contributed by atoms with Gasteiger partial charge in [0, 0.05) is 17.6 Å². The van der Waals surface area contributed by atoms with Crippen LogP contribution in [-0.4, -0.2) is 58.7 Å². The zero-order valence-electron chi connectivity index (χ0n) is 20.9. The molecule has 0 unspecified atom stereocenters. The fraction of sp³-hybridized carbons (Fsp3) is 0.444. The Labute approximate surface area is 211 Å². The summed E-state index contributed by atoms with van der Waals surface area (Å²) in [4.78, 5) is 42.3. The first-order valence-electron chi connectivity index (χ1n) is 11.7. The number of nitrogens with zero attached hydrogens (tertiary/aromatic N) is 2. The lowest BCUT2D eigenvalue weighted by molar-refractivity contribution is -0.131. The van der Waals surface area contributed by atoms with Crippen molar-refractivity contribution >= 4 is 29.7 Å². The summed E-state index contributed by atoms with van der Waals surface area (Å²) in [7, 11) is 0. The van der Waals surface area contributed by atoms with Gasteiger partial charge in [0.2, 0.25) is 5.91 Å². The molecule has 1 aliphatic rings. The summed E-state index contributed by atoms with van der Waals surface area (Å²) in [6.45, 7) is 9.24. The molecule has 0 N–H and O–H groups in total. The van der Waals surface area contributed by atoms with Crippen molar-refractivity contribution in [2.45, 2.75) is 64.6 Å². The molecule has 0 aliphatic carbocycles. The second-order valence-electron chi connectivity index (χ2n) is 9.96. The lowest BCUT2D eigenvalue weighted by atomic mass is 9.95. The van der Waals surface area contributed by atoms with Gasteiger partial charge in [-0.25, -0.2) is 14.5 Å². The number of amides is 3. The number of benzene rings is 2. The zero-order chi connectivity index (χ0) is 25.8. The number of carbonyl (C=O) groups is 3. The number of halogens is 1. The first-order chi connectivity index (χ1) is 16.5. The highest BCUT2D eigenvalue weighted by atomic mass is 35.5. The molecular weight excluding hydrogens is 468 g/mol. The summed E-state index contributed by atoms with van der Waals surface area (Å²) in [6, 6.07) is 15.8. The molecule has 0 radical (unpaired) electrons. The third kappa shape index (κ3) is 6.98. The van der Waals surface area contributed by atoms with Gasteiger partial charge in [-0.05, 0) is 64.3 Å². The van der Waals surface area contributed by atoms with Crippen molar-refractivity contribution in [1.82, 2.24) is 9.80 Å². The number of ether oxygens (including phenoxy) is 2. The number of cyclic esters (lactones) is 1. The van der Waals surface area contributed by atoms with E-state index in [0.717, 1.165) is 5.56 Å². The van der Waals surface area contributed by atoms with E-state index in [-0.39, 0.29) is 19.2 Å². The summed E-state index contributed by atoms with van der Waals surface area (Å²) < 4.78 is 10.9. The molecule has 7 nitrogen and oxygen atoms in total. The van der Waals surface area contributed by atoms with Gasteiger partial charge >= 0.3 is 12.2 Å². The van der Waals surface area contributed by atoms with Crippen molar-refractivity contribution in [3.05, 3.63) is 70.7 Å². The third-order valence-corrected chi connectivity index (χ3v) is 5.97. The lowest BCUT2D eigenvalue weighted by Gasteiger charge is -2.34. The molecule has 35 heavy (non-hydrogen) atoms. The van der Waals surface area contributed by atoms with E-state index in [1.807, 2.05) is 44.2 Å². The predicted molar refractivity (Wildman–Crippen MR) is 134 cm³/mol.